The largest absolute Gasteiger partial charge is 0.497 e. The lowest BCUT2D eigenvalue weighted by Gasteiger charge is -2.13. The molecular formula is C13H15NO3. The van der Waals surface area contributed by atoms with E-state index in [1.165, 1.54) is 0 Å². The van der Waals surface area contributed by atoms with Crippen LogP contribution in [0.2, 0.25) is 0 Å². The topological polar surface area (TPSA) is 47.6 Å². The number of rotatable bonds is 3. The molecule has 4 heteroatoms. The zero-order valence-electron chi connectivity index (χ0n) is 9.73. The maximum absolute atomic E-state index is 11.8. The molecule has 1 aromatic carbocycles. The highest BCUT2D eigenvalue weighted by Gasteiger charge is 2.13. The molecule has 4 nitrogen and oxygen atoms in total. The predicted octanol–water partition coefficient (Wildman–Crippen LogP) is 1.52. The summed E-state index contributed by atoms with van der Waals surface area (Å²) < 4.78 is 10.3. The second-order valence-electron chi connectivity index (χ2n) is 3.76. The van der Waals surface area contributed by atoms with Crippen LogP contribution in [0.25, 0.3) is 0 Å². The van der Waals surface area contributed by atoms with Crippen molar-refractivity contribution in [2.24, 2.45) is 0 Å². The van der Waals surface area contributed by atoms with E-state index in [1.54, 1.807) is 31.4 Å². The molecule has 1 N–H and O–H groups in total. The third kappa shape index (κ3) is 3.07. The molecule has 0 radical (unpaired) electrons. The first-order chi connectivity index (χ1) is 8.29. The zero-order chi connectivity index (χ0) is 12.1. The van der Waals surface area contributed by atoms with Crippen LogP contribution in [-0.4, -0.2) is 26.2 Å². The second-order valence-corrected chi connectivity index (χ2v) is 3.76. The minimum Gasteiger partial charge on any atom is -0.497 e. The SMILES string of the molecule is COc1ccc(OC(=O)C2=CCCNC2)cc1. The van der Waals surface area contributed by atoms with Crippen LogP contribution in [-0.2, 0) is 4.79 Å². The van der Waals surface area contributed by atoms with Crippen LogP contribution >= 0.6 is 0 Å². The number of carbonyl (C=O) groups excluding carboxylic acids is 1. The third-order valence-electron chi connectivity index (χ3n) is 2.56. The smallest absolute Gasteiger partial charge is 0.340 e. The van der Waals surface area contributed by atoms with Gasteiger partial charge in [-0.15, -0.1) is 0 Å². The van der Waals surface area contributed by atoms with Crippen molar-refractivity contribution in [2.75, 3.05) is 20.2 Å². The van der Waals surface area contributed by atoms with Gasteiger partial charge in [0.25, 0.3) is 0 Å². The van der Waals surface area contributed by atoms with Gasteiger partial charge >= 0.3 is 5.97 Å². The van der Waals surface area contributed by atoms with Gasteiger partial charge in [0.15, 0.2) is 0 Å². The summed E-state index contributed by atoms with van der Waals surface area (Å²) in [6.45, 7) is 1.49. The molecule has 1 aliphatic heterocycles. The molecule has 0 amide bonds. The average Bonchev–Trinajstić information content (AvgIpc) is 2.40. The van der Waals surface area contributed by atoms with Crippen LogP contribution < -0.4 is 14.8 Å². The van der Waals surface area contributed by atoms with Crippen molar-refractivity contribution in [3.05, 3.63) is 35.9 Å². The molecule has 0 atom stereocenters. The fourth-order valence-corrected chi connectivity index (χ4v) is 1.62. The number of benzene rings is 1. The molecule has 0 aliphatic carbocycles. The van der Waals surface area contributed by atoms with Gasteiger partial charge in [0.05, 0.1) is 7.11 Å². The van der Waals surface area contributed by atoms with Crippen molar-refractivity contribution < 1.29 is 14.3 Å². The zero-order valence-corrected chi connectivity index (χ0v) is 9.73. The Balaban J connectivity index is 1.99. The van der Waals surface area contributed by atoms with Crippen LogP contribution in [0.3, 0.4) is 0 Å². The van der Waals surface area contributed by atoms with Crippen molar-refractivity contribution in [2.45, 2.75) is 6.42 Å². The van der Waals surface area contributed by atoms with Crippen LogP contribution in [0.4, 0.5) is 0 Å². The first-order valence-corrected chi connectivity index (χ1v) is 5.55. The molecule has 0 saturated carbocycles. The molecule has 0 aromatic heterocycles. The monoisotopic (exact) mass is 233 g/mol. The Hall–Kier alpha value is -1.81. The van der Waals surface area contributed by atoms with Gasteiger partial charge in [-0.25, -0.2) is 4.79 Å². The maximum Gasteiger partial charge on any atom is 0.340 e. The quantitative estimate of drug-likeness (QED) is 0.635. The number of hydrogen-bond acceptors (Lipinski definition) is 4. The van der Waals surface area contributed by atoms with Gasteiger partial charge in [-0.1, -0.05) is 6.08 Å². The number of methoxy groups -OCH3 is 1. The second kappa shape index (κ2) is 5.50. The highest BCUT2D eigenvalue weighted by atomic mass is 16.5. The summed E-state index contributed by atoms with van der Waals surface area (Å²) in [7, 11) is 1.60. The summed E-state index contributed by atoms with van der Waals surface area (Å²) in [5.74, 6) is 0.980. The van der Waals surface area contributed by atoms with Gasteiger partial charge < -0.3 is 14.8 Å². The first kappa shape index (κ1) is 11.7. The number of ether oxygens (including phenoxy) is 2. The van der Waals surface area contributed by atoms with Crippen LogP contribution in [0.1, 0.15) is 6.42 Å². The van der Waals surface area contributed by atoms with E-state index in [0.717, 1.165) is 18.7 Å². The van der Waals surface area contributed by atoms with Gasteiger partial charge in [-0.3, -0.25) is 0 Å². The van der Waals surface area contributed by atoms with E-state index in [9.17, 15) is 4.79 Å². The van der Waals surface area contributed by atoms with Crippen LogP contribution in [0.5, 0.6) is 11.5 Å². The Bertz CT molecular complexity index is 423. The highest BCUT2D eigenvalue weighted by Crippen LogP contribution is 2.18. The Morgan fingerprint density at radius 1 is 1.24 bits per heavy atom. The van der Waals surface area contributed by atoms with Crippen molar-refractivity contribution in [3.63, 3.8) is 0 Å². The number of nitrogens with one attached hydrogen (secondary N) is 1. The summed E-state index contributed by atoms with van der Waals surface area (Å²) in [6.07, 6.45) is 2.79. The van der Waals surface area contributed by atoms with Gasteiger partial charge in [-0.2, -0.15) is 0 Å². The molecular weight excluding hydrogens is 218 g/mol. The summed E-state index contributed by atoms with van der Waals surface area (Å²) in [6, 6.07) is 6.95. The number of carbonyl (C=O) groups is 1. The first-order valence-electron chi connectivity index (χ1n) is 5.55. The van der Waals surface area contributed by atoms with E-state index < -0.39 is 0 Å². The molecule has 1 aromatic rings. The maximum atomic E-state index is 11.8. The molecule has 17 heavy (non-hydrogen) atoms. The van der Waals surface area contributed by atoms with Gasteiger partial charge in [0.2, 0.25) is 0 Å². The molecule has 0 bridgehead atoms. The van der Waals surface area contributed by atoms with Crippen LogP contribution in [0, 0.1) is 0 Å². The third-order valence-corrected chi connectivity index (χ3v) is 2.56. The van der Waals surface area contributed by atoms with Crippen molar-refractivity contribution >= 4 is 5.97 Å². The number of hydrogen-bond donors (Lipinski definition) is 1. The Morgan fingerprint density at radius 2 is 1.94 bits per heavy atom. The average molecular weight is 233 g/mol. The number of esters is 1. The van der Waals surface area contributed by atoms with Gasteiger partial charge in [0, 0.05) is 12.1 Å². The van der Waals surface area contributed by atoms with E-state index in [4.69, 9.17) is 9.47 Å². The van der Waals surface area contributed by atoms with E-state index in [2.05, 4.69) is 5.32 Å². The molecule has 0 fully saturated rings. The van der Waals surface area contributed by atoms with E-state index >= 15 is 0 Å². The summed E-state index contributed by atoms with van der Waals surface area (Å²) in [5.41, 5.74) is 0.687. The highest BCUT2D eigenvalue weighted by molar-refractivity contribution is 5.90. The lowest BCUT2D eigenvalue weighted by atomic mass is 10.1. The van der Waals surface area contributed by atoms with Crippen LogP contribution in [0.15, 0.2) is 35.9 Å². The molecule has 0 unspecified atom stereocenters. The van der Waals surface area contributed by atoms with Crippen molar-refractivity contribution in [3.8, 4) is 11.5 Å². The molecule has 0 saturated heterocycles. The molecule has 0 spiro atoms. The molecule has 90 valence electrons. The van der Waals surface area contributed by atoms with E-state index in [1.807, 2.05) is 6.08 Å². The lowest BCUT2D eigenvalue weighted by Crippen LogP contribution is -2.28. The minimum absolute atomic E-state index is 0.289. The normalized spacial score (nSPS) is 15.0. The Morgan fingerprint density at radius 3 is 2.53 bits per heavy atom. The van der Waals surface area contributed by atoms with Gasteiger partial charge in [0.1, 0.15) is 11.5 Å². The lowest BCUT2D eigenvalue weighted by molar-refractivity contribution is -0.130. The fourth-order valence-electron chi connectivity index (χ4n) is 1.62. The predicted molar refractivity (Wildman–Crippen MR) is 64.2 cm³/mol. The Labute approximate surface area is 100 Å². The van der Waals surface area contributed by atoms with E-state index in [0.29, 0.717) is 17.9 Å². The Kier molecular flexibility index (Phi) is 3.77. The van der Waals surface area contributed by atoms with Gasteiger partial charge in [-0.05, 0) is 37.2 Å². The summed E-state index contributed by atoms with van der Waals surface area (Å²) >= 11 is 0. The standard InChI is InChI=1S/C13H15NO3/c1-16-11-4-6-12(7-5-11)17-13(15)10-3-2-8-14-9-10/h3-7,14H,2,8-9H2,1H3. The van der Waals surface area contributed by atoms with E-state index in [-0.39, 0.29) is 5.97 Å². The fraction of sp³-hybridized carbons (Fsp3) is 0.308. The molecule has 1 aliphatic rings. The van der Waals surface area contributed by atoms with Crippen molar-refractivity contribution in [1.29, 1.82) is 0 Å². The summed E-state index contributed by atoms with van der Waals surface area (Å²) in [4.78, 5) is 11.8. The molecule has 2 rings (SSSR count). The summed E-state index contributed by atoms with van der Waals surface area (Å²) in [5, 5.41) is 3.13. The molecule has 1 heterocycles. The van der Waals surface area contributed by atoms with Crippen molar-refractivity contribution in [1.82, 2.24) is 5.32 Å². The minimum atomic E-state index is -0.289.